The second-order valence-corrected chi connectivity index (χ2v) is 5.36. The maximum Gasteiger partial charge on any atom is 0.244 e. The molecule has 0 fully saturated rings. The number of carbonyl (C=O) groups excluding carboxylic acids is 1. The van der Waals surface area contributed by atoms with E-state index in [-0.39, 0.29) is 24.5 Å². The molecular weight excluding hydrogens is 252 g/mol. The average Bonchev–Trinajstić information content (AvgIpc) is 2.42. The Hall–Kier alpha value is -1.81. The third-order valence-corrected chi connectivity index (χ3v) is 3.17. The first kappa shape index (κ1) is 16.2. The van der Waals surface area contributed by atoms with Gasteiger partial charge in [0.15, 0.2) is 0 Å². The van der Waals surface area contributed by atoms with Gasteiger partial charge in [0.1, 0.15) is 0 Å². The van der Waals surface area contributed by atoms with Crippen LogP contribution in [0.25, 0.3) is 6.08 Å². The largest absolute Gasteiger partial charge is 0.394 e. The van der Waals surface area contributed by atoms with E-state index in [1.54, 1.807) is 6.08 Å². The number of nitrogens with one attached hydrogen (secondary N) is 1. The van der Waals surface area contributed by atoms with Gasteiger partial charge in [0.2, 0.25) is 5.91 Å². The van der Waals surface area contributed by atoms with Crippen LogP contribution in [0, 0.1) is 5.92 Å². The standard InChI is InChI=1S/C16H24N2O2/c1-12(2)15(11-19)17-16(20)10-7-13-5-8-14(9-6-13)18(3)4/h5-10,12,15,19H,11H2,1-4H3,(H,17,20)/t15-/m1/s1. The summed E-state index contributed by atoms with van der Waals surface area (Å²) >= 11 is 0. The Bertz CT molecular complexity index is 450. The highest BCUT2D eigenvalue weighted by Gasteiger charge is 2.13. The minimum atomic E-state index is -0.205. The number of nitrogens with zero attached hydrogens (tertiary/aromatic N) is 1. The van der Waals surface area contributed by atoms with Crippen LogP contribution in [0.4, 0.5) is 5.69 Å². The Kier molecular flexibility index (Phi) is 6.25. The summed E-state index contributed by atoms with van der Waals surface area (Å²) in [5, 5.41) is 12.0. The van der Waals surface area contributed by atoms with E-state index in [4.69, 9.17) is 5.11 Å². The predicted octanol–water partition coefficient (Wildman–Crippen LogP) is 1.90. The fourth-order valence-electron chi connectivity index (χ4n) is 1.71. The third kappa shape index (κ3) is 5.05. The van der Waals surface area contributed by atoms with Crippen molar-refractivity contribution in [3.8, 4) is 0 Å². The molecule has 1 amide bonds. The van der Waals surface area contributed by atoms with Crippen molar-refractivity contribution in [1.29, 1.82) is 0 Å². The van der Waals surface area contributed by atoms with Gasteiger partial charge in [-0.1, -0.05) is 26.0 Å². The smallest absolute Gasteiger partial charge is 0.244 e. The summed E-state index contributed by atoms with van der Waals surface area (Å²) in [6, 6.07) is 7.73. The first-order chi connectivity index (χ1) is 9.43. The van der Waals surface area contributed by atoms with Gasteiger partial charge in [0.05, 0.1) is 12.6 Å². The van der Waals surface area contributed by atoms with Gasteiger partial charge in [-0.3, -0.25) is 4.79 Å². The fourth-order valence-corrected chi connectivity index (χ4v) is 1.71. The zero-order valence-electron chi connectivity index (χ0n) is 12.6. The summed E-state index contributed by atoms with van der Waals surface area (Å²) in [7, 11) is 3.97. The van der Waals surface area contributed by atoms with Crippen LogP contribution in [-0.2, 0) is 4.79 Å². The number of hydrogen-bond donors (Lipinski definition) is 2. The minimum Gasteiger partial charge on any atom is -0.394 e. The quantitative estimate of drug-likeness (QED) is 0.780. The molecule has 0 saturated heterocycles. The van der Waals surface area contributed by atoms with Gasteiger partial charge in [-0.05, 0) is 29.7 Å². The van der Waals surface area contributed by atoms with Gasteiger partial charge in [-0.2, -0.15) is 0 Å². The van der Waals surface area contributed by atoms with Gasteiger partial charge in [-0.15, -0.1) is 0 Å². The van der Waals surface area contributed by atoms with Crippen molar-refractivity contribution in [2.75, 3.05) is 25.6 Å². The number of hydrogen-bond acceptors (Lipinski definition) is 3. The Morgan fingerprint density at radius 3 is 2.35 bits per heavy atom. The van der Waals surface area contributed by atoms with Crippen molar-refractivity contribution in [1.82, 2.24) is 5.32 Å². The summed E-state index contributed by atoms with van der Waals surface area (Å²) in [6.07, 6.45) is 3.26. The van der Waals surface area contributed by atoms with Crippen LogP contribution < -0.4 is 10.2 Å². The molecule has 0 saturated carbocycles. The molecule has 0 aliphatic rings. The number of aliphatic hydroxyl groups is 1. The zero-order chi connectivity index (χ0) is 15.1. The van der Waals surface area contributed by atoms with Crippen molar-refractivity contribution in [2.24, 2.45) is 5.92 Å². The molecule has 0 radical (unpaired) electrons. The molecule has 20 heavy (non-hydrogen) atoms. The fraction of sp³-hybridized carbons (Fsp3) is 0.438. The van der Waals surface area contributed by atoms with Gasteiger partial charge in [0, 0.05) is 25.9 Å². The average molecular weight is 276 g/mol. The van der Waals surface area contributed by atoms with Gasteiger partial charge < -0.3 is 15.3 Å². The highest BCUT2D eigenvalue weighted by molar-refractivity contribution is 5.92. The molecule has 1 aromatic rings. The lowest BCUT2D eigenvalue weighted by molar-refractivity contribution is -0.117. The van der Waals surface area contributed by atoms with E-state index in [1.807, 2.05) is 57.1 Å². The lowest BCUT2D eigenvalue weighted by Gasteiger charge is -2.18. The van der Waals surface area contributed by atoms with Crippen LogP contribution in [0.5, 0.6) is 0 Å². The van der Waals surface area contributed by atoms with E-state index >= 15 is 0 Å². The molecule has 110 valence electrons. The number of rotatable bonds is 6. The maximum atomic E-state index is 11.7. The number of benzene rings is 1. The lowest BCUT2D eigenvalue weighted by Crippen LogP contribution is -2.40. The first-order valence-electron chi connectivity index (χ1n) is 6.81. The molecule has 0 spiro atoms. The molecule has 1 atom stereocenters. The van der Waals surface area contributed by atoms with Crippen molar-refractivity contribution >= 4 is 17.7 Å². The van der Waals surface area contributed by atoms with Gasteiger partial charge >= 0.3 is 0 Å². The van der Waals surface area contributed by atoms with Crippen LogP contribution in [0.3, 0.4) is 0 Å². The summed E-state index contributed by atoms with van der Waals surface area (Å²) in [6.45, 7) is 3.88. The Morgan fingerprint density at radius 2 is 1.90 bits per heavy atom. The van der Waals surface area contributed by atoms with Gasteiger partial charge in [0.25, 0.3) is 0 Å². The van der Waals surface area contributed by atoms with E-state index in [0.717, 1.165) is 11.3 Å². The second kappa shape index (κ2) is 7.70. The van der Waals surface area contributed by atoms with Crippen LogP contribution in [0.1, 0.15) is 19.4 Å². The molecule has 0 unspecified atom stereocenters. The zero-order valence-corrected chi connectivity index (χ0v) is 12.6. The summed E-state index contributed by atoms with van der Waals surface area (Å²) in [4.78, 5) is 13.8. The van der Waals surface area contributed by atoms with Crippen LogP contribution in [-0.4, -0.2) is 37.8 Å². The maximum absolute atomic E-state index is 11.7. The van der Waals surface area contributed by atoms with E-state index in [1.165, 1.54) is 6.08 Å². The molecule has 4 heteroatoms. The SMILES string of the molecule is CC(C)[C@@H](CO)NC(=O)C=Cc1ccc(N(C)C)cc1. The summed E-state index contributed by atoms with van der Waals surface area (Å²) in [5.41, 5.74) is 2.09. The third-order valence-electron chi connectivity index (χ3n) is 3.17. The molecule has 0 bridgehead atoms. The Labute approximate surface area is 121 Å². The molecule has 1 aromatic carbocycles. The van der Waals surface area contributed by atoms with Crippen molar-refractivity contribution in [2.45, 2.75) is 19.9 Å². The van der Waals surface area contributed by atoms with Crippen LogP contribution in [0.2, 0.25) is 0 Å². The van der Waals surface area contributed by atoms with E-state index in [9.17, 15) is 4.79 Å². The lowest BCUT2D eigenvalue weighted by atomic mass is 10.1. The molecular formula is C16H24N2O2. The number of amides is 1. The monoisotopic (exact) mass is 276 g/mol. The molecule has 0 heterocycles. The summed E-state index contributed by atoms with van der Waals surface area (Å²) < 4.78 is 0. The van der Waals surface area contributed by atoms with Crippen LogP contribution in [0.15, 0.2) is 30.3 Å². The number of anilines is 1. The minimum absolute atomic E-state index is 0.0468. The van der Waals surface area contributed by atoms with Crippen molar-refractivity contribution in [3.63, 3.8) is 0 Å². The molecule has 0 aliphatic carbocycles. The van der Waals surface area contributed by atoms with E-state index in [0.29, 0.717) is 0 Å². The van der Waals surface area contributed by atoms with E-state index in [2.05, 4.69) is 5.32 Å². The summed E-state index contributed by atoms with van der Waals surface area (Å²) in [5.74, 6) is 0.0196. The normalized spacial score (nSPS) is 12.7. The molecule has 0 aromatic heterocycles. The number of carbonyl (C=O) groups is 1. The van der Waals surface area contributed by atoms with Gasteiger partial charge in [-0.25, -0.2) is 0 Å². The topological polar surface area (TPSA) is 52.6 Å². The Balaban J connectivity index is 2.61. The van der Waals surface area contributed by atoms with E-state index < -0.39 is 0 Å². The predicted molar refractivity (Wildman–Crippen MR) is 83.7 cm³/mol. The van der Waals surface area contributed by atoms with Crippen molar-refractivity contribution in [3.05, 3.63) is 35.9 Å². The molecule has 0 aliphatic heterocycles. The van der Waals surface area contributed by atoms with Crippen molar-refractivity contribution < 1.29 is 9.90 Å². The highest BCUT2D eigenvalue weighted by Crippen LogP contribution is 2.13. The first-order valence-corrected chi connectivity index (χ1v) is 6.81. The van der Waals surface area contributed by atoms with Crippen LogP contribution >= 0.6 is 0 Å². The molecule has 1 rings (SSSR count). The number of aliphatic hydroxyl groups excluding tert-OH is 1. The molecule has 2 N–H and O–H groups in total. The second-order valence-electron chi connectivity index (χ2n) is 5.36. The Morgan fingerprint density at radius 1 is 1.30 bits per heavy atom. The highest BCUT2D eigenvalue weighted by atomic mass is 16.3. The molecule has 4 nitrogen and oxygen atoms in total.